The van der Waals surface area contributed by atoms with Crippen LogP contribution in [0.25, 0.3) is 6.08 Å². The van der Waals surface area contributed by atoms with Crippen molar-refractivity contribution in [1.29, 1.82) is 0 Å². The lowest BCUT2D eigenvalue weighted by atomic mass is 10.0. The lowest BCUT2D eigenvalue weighted by Crippen LogP contribution is -2.38. The van der Waals surface area contributed by atoms with Crippen molar-refractivity contribution in [3.63, 3.8) is 0 Å². The normalized spacial score (nSPS) is 17.8. The SMILES string of the molecule is C=S(C)(=O)N(C)c1cc(/C=C\C2CC2)cc(C(=O)N[C@H](CO)CC(/C=C\C)=C/C)c1. The number of carbonyl (C=O) groups is 1. The summed E-state index contributed by atoms with van der Waals surface area (Å²) < 4.78 is 14.0. The van der Waals surface area contributed by atoms with E-state index in [0.29, 0.717) is 23.6 Å². The van der Waals surface area contributed by atoms with Crippen LogP contribution in [0.1, 0.15) is 49.0 Å². The van der Waals surface area contributed by atoms with Crippen LogP contribution in [0.15, 0.2) is 48.1 Å². The maximum absolute atomic E-state index is 13.0. The molecule has 0 bridgehead atoms. The number of benzene rings is 1. The van der Waals surface area contributed by atoms with Crippen LogP contribution in [-0.2, 0) is 9.71 Å². The third-order valence-corrected chi connectivity index (χ3v) is 6.49. The molecule has 1 aromatic carbocycles. The molecular weight excluding hydrogens is 396 g/mol. The third-order valence-electron chi connectivity index (χ3n) is 5.12. The fraction of sp³-hybridized carbons (Fsp3) is 0.417. The van der Waals surface area contributed by atoms with Gasteiger partial charge in [-0.3, -0.25) is 4.79 Å². The molecule has 1 aliphatic carbocycles. The van der Waals surface area contributed by atoms with Gasteiger partial charge >= 0.3 is 0 Å². The molecule has 1 unspecified atom stereocenters. The molecule has 0 aliphatic heterocycles. The summed E-state index contributed by atoms with van der Waals surface area (Å²) in [6, 6.07) is 5.06. The van der Waals surface area contributed by atoms with Gasteiger partial charge in [-0.1, -0.05) is 36.0 Å². The second-order valence-corrected chi connectivity index (χ2v) is 10.4. The Bertz CT molecular complexity index is 941. The van der Waals surface area contributed by atoms with Gasteiger partial charge in [0.15, 0.2) is 0 Å². The van der Waals surface area contributed by atoms with Crippen LogP contribution in [0, 0.1) is 5.92 Å². The second kappa shape index (κ2) is 10.6. The summed E-state index contributed by atoms with van der Waals surface area (Å²) in [7, 11) is -0.750. The van der Waals surface area contributed by atoms with Crippen molar-refractivity contribution in [3.05, 3.63) is 59.2 Å². The first-order chi connectivity index (χ1) is 14.2. The molecule has 1 aromatic rings. The van der Waals surface area contributed by atoms with E-state index in [4.69, 9.17) is 0 Å². The molecule has 2 N–H and O–H groups in total. The van der Waals surface area contributed by atoms with Crippen LogP contribution in [0.4, 0.5) is 5.69 Å². The van der Waals surface area contributed by atoms with Crippen LogP contribution in [-0.4, -0.2) is 47.0 Å². The molecule has 2 rings (SSSR count). The molecule has 6 heteroatoms. The third kappa shape index (κ3) is 7.18. The Morgan fingerprint density at radius 1 is 1.37 bits per heavy atom. The number of rotatable bonds is 10. The zero-order valence-electron chi connectivity index (χ0n) is 18.4. The molecule has 1 aliphatic rings. The Labute approximate surface area is 181 Å². The van der Waals surface area contributed by atoms with E-state index in [1.165, 1.54) is 12.8 Å². The van der Waals surface area contributed by atoms with Crippen molar-refractivity contribution < 1.29 is 14.1 Å². The molecule has 5 nitrogen and oxygen atoms in total. The number of anilines is 1. The molecule has 30 heavy (non-hydrogen) atoms. The van der Waals surface area contributed by atoms with Gasteiger partial charge in [0.05, 0.1) is 12.6 Å². The second-order valence-electron chi connectivity index (χ2n) is 7.89. The van der Waals surface area contributed by atoms with Crippen molar-refractivity contribution in [1.82, 2.24) is 5.32 Å². The summed E-state index contributed by atoms with van der Waals surface area (Å²) in [5.41, 5.74) is 3.05. The van der Waals surface area contributed by atoms with Crippen molar-refractivity contribution in [2.24, 2.45) is 5.92 Å². The monoisotopic (exact) mass is 430 g/mol. The number of allylic oxidation sites excluding steroid dienone is 4. The van der Waals surface area contributed by atoms with Gasteiger partial charge in [0, 0.05) is 34.3 Å². The molecule has 0 radical (unpaired) electrons. The first kappa shape index (κ1) is 24.0. The zero-order valence-corrected chi connectivity index (χ0v) is 19.2. The summed E-state index contributed by atoms with van der Waals surface area (Å²) in [6.45, 7) is 3.71. The number of carbonyl (C=O) groups excluding carboxylic acids is 1. The van der Waals surface area contributed by atoms with E-state index in [-0.39, 0.29) is 12.5 Å². The molecule has 0 heterocycles. The highest BCUT2D eigenvalue weighted by Crippen LogP contribution is 2.31. The van der Waals surface area contributed by atoms with Gasteiger partial charge < -0.3 is 14.7 Å². The lowest BCUT2D eigenvalue weighted by Gasteiger charge is -2.23. The van der Waals surface area contributed by atoms with Crippen molar-refractivity contribution in [2.75, 3.05) is 24.2 Å². The van der Waals surface area contributed by atoms with Crippen molar-refractivity contribution in [3.8, 4) is 0 Å². The van der Waals surface area contributed by atoms with Crippen LogP contribution < -0.4 is 9.62 Å². The van der Waals surface area contributed by atoms with Gasteiger partial charge in [-0.25, -0.2) is 4.21 Å². The minimum absolute atomic E-state index is 0.156. The summed E-state index contributed by atoms with van der Waals surface area (Å²) in [4.78, 5) is 13.0. The van der Waals surface area contributed by atoms with E-state index < -0.39 is 15.7 Å². The smallest absolute Gasteiger partial charge is 0.251 e. The minimum atomic E-state index is -2.46. The molecule has 1 fully saturated rings. The first-order valence-electron chi connectivity index (χ1n) is 10.3. The molecular formula is C24H34N2O3S. The van der Waals surface area contributed by atoms with E-state index in [0.717, 1.165) is 11.1 Å². The maximum Gasteiger partial charge on any atom is 0.251 e. The highest BCUT2D eigenvalue weighted by Gasteiger charge is 2.19. The topological polar surface area (TPSA) is 69.6 Å². The van der Waals surface area contributed by atoms with E-state index in [2.05, 4.69) is 17.3 Å². The van der Waals surface area contributed by atoms with Gasteiger partial charge in [0.25, 0.3) is 5.91 Å². The van der Waals surface area contributed by atoms with Crippen LogP contribution in [0.2, 0.25) is 0 Å². The number of hydrogen-bond donors (Lipinski definition) is 2. The molecule has 0 spiro atoms. The Hall–Kier alpha value is -2.31. The molecule has 1 amide bonds. The standard InChI is InChI=1S/C24H34N2O3S/c1-6-8-18(7-2)14-22(17-27)25-24(28)21-13-20(12-11-19-9-10-19)15-23(16-21)26(3)30(4,5)29/h6-8,11-13,15-16,19,22,27H,4,9-10,14,17H2,1-3,5H3,(H,25,28)/b8-6-,12-11-,18-7+/t22-,30?/m0/s1. The quantitative estimate of drug-likeness (QED) is 0.438. The lowest BCUT2D eigenvalue weighted by molar-refractivity contribution is 0.0916. The van der Waals surface area contributed by atoms with E-state index in [1.807, 2.05) is 50.3 Å². The number of nitrogens with zero attached hydrogens (tertiary/aromatic N) is 1. The summed E-state index contributed by atoms with van der Waals surface area (Å²) >= 11 is 0. The average molecular weight is 431 g/mol. The predicted octanol–water partition coefficient (Wildman–Crippen LogP) is 3.81. The highest BCUT2D eigenvalue weighted by atomic mass is 32.2. The Kier molecular flexibility index (Phi) is 8.50. The Balaban J connectivity index is 2.30. The van der Waals surface area contributed by atoms with E-state index in [1.54, 1.807) is 23.7 Å². The molecule has 1 saturated carbocycles. The predicted molar refractivity (Wildman–Crippen MR) is 129 cm³/mol. The van der Waals surface area contributed by atoms with Gasteiger partial charge in [-0.15, -0.1) is 0 Å². The fourth-order valence-corrected chi connectivity index (χ4v) is 3.56. The molecule has 0 aromatic heterocycles. The summed E-state index contributed by atoms with van der Waals surface area (Å²) in [6.07, 6.45) is 14.5. The van der Waals surface area contributed by atoms with Crippen LogP contribution in [0.5, 0.6) is 0 Å². The summed E-state index contributed by atoms with van der Waals surface area (Å²) in [5.74, 6) is 4.08. The van der Waals surface area contributed by atoms with Crippen LogP contribution in [0.3, 0.4) is 0 Å². The molecule has 0 saturated heterocycles. The van der Waals surface area contributed by atoms with Crippen molar-refractivity contribution >= 4 is 33.2 Å². The number of amides is 1. The Morgan fingerprint density at radius 3 is 2.60 bits per heavy atom. The van der Waals surface area contributed by atoms with Crippen LogP contribution >= 0.6 is 0 Å². The summed E-state index contributed by atoms with van der Waals surface area (Å²) in [5, 5.41) is 12.7. The van der Waals surface area contributed by atoms with Gasteiger partial charge in [-0.2, -0.15) is 0 Å². The number of nitrogens with one attached hydrogen (secondary N) is 1. The van der Waals surface area contributed by atoms with Crippen molar-refractivity contribution in [2.45, 2.75) is 39.2 Å². The first-order valence-corrected chi connectivity index (χ1v) is 12.4. The average Bonchev–Trinajstić information content (AvgIpc) is 3.54. The highest BCUT2D eigenvalue weighted by molar-refractivity contribution is 8.00. The largest absolute Gasteiger partial charge is 0.394 e. The molecule has 164 valence electrons. The maximum atomic E-state index is 13.0. The zero-order chi connectivity index (χ0) is 22.3. The van der Waals surface area contributed by atoms with Gasteiger partial charge in [0.1, 0.15) is 0 Å². The van der Waals surface area contributed by atoms with E-state index in [9.17, 15) is 14.1 Å². The molecule has 2 atom stereocenters. The number of hydrogen-bond acceptors (Lipinski definition) is 3. The number of aliphatic hydroxyl groups is 1. The van der Waals surface area contributed by atoms with E-state index >= 15 is 0 Å². The van der Waals surface area contributed by atoms with Gasteiger partial charge in [-0.05, 0) is 68.7 Å². The fourth-order valence-electron chi connectivity index (χ4n) is 3.01. The number of aliphatic hydroxyl groups excluding tert-OH is 1. The Morgan fingerprint density at radius 2 is 2.07 bits per heavy atom. The minimum Gasteiger partial charge on any atom is -0.394 e. The van der Waals surface area contributed by atoms with Gasteiger partial charge in [0.2, 0.25) is 0 Å².